The minimum Gasteiger partial charge on any atom is -0.371 e. The minimum atomic E-state index is 0.856. The second-order valence-corrected chi connectivity index (χ2v) is 4.03. The summed E-state index contributed by atoms with van der Waals surface area (Å²) in [6, 6.07) is 10.7. The molecule has 0 radical (unpaired) electrons. The van der Waals surface area contributed by atoms with Crippen LogP contribution in [0.4, 0.5) is 5.69 Å². The van der Waals surface area contributed by atoms with Gasteiger partial charge in [-0.15, -0.1) is 0 Å². The highest BCUT2D eigenvalue weighted by molar-refractivity contribution is 5.46. The van der Waals surface area contributed by atoms with Gasteiger partial charge in [0.05, 0.1) is 0 Å². The van der Waals surface area contributed by atoms with Crippen molar-refractivity contribution in [3.8, 4) is 0 Å². The third kappa shape index (κ3) is 5.76. The molecule has 98 valence electrons. The van der Waals surface area contributed by atoms with E-state index in [-0.39, 0.29) is 0 Å². The average Bonchev–Trinajstić information content (AvgIpc) is 2.44. The molecule has 1 saturated heterocycles. The lowest BCUT2D eigenvalue weighted by Gasteiger charge is -2.32. The highest BCUT2D eigenvalue weighted by Gasteiger charge is 2.15. The maximum Gasteiger partial charge on any atom is 0.0366 e. The van der Waals surface area contributed by atoms with Crippen LogP contribution in [0.3, 0.4) is 0 Å². The normalized spacial score (nSPS) is 18.4. The van der Waals surface area contributed by atoms with Gasteiger partial charge in [0.25, 0.3) is 0 Å². The van der Waals surface area contributed by atoms with E-state index >= 15 is 0 Å². The molecule has 1 aromatic carbocycles. The molecular weight excluding hydrogens is 206 g/mol. The second kappa shape index (κ2) is 10.2. The monoisotopic (exact) mass is 235 g/mol. The van der Waals surface area contributed by atoms with E-state index in [1.54, 1.807) is 0 Å². The Hall–Kier alpha value is -0.980. The van der Waals surface area contributed by atoms with Crippen molar-refractivity contribution in [2.75, 3.05) is 18.0 Å². The summed E-state index contributed by atoms with van der Waals surface area (Å²) in [5, 5.41) is 0. The Labute approximate surface area is 108 Å². The van der Waals surface area contributed by atoms with Gasteiger partial charge < -0.3 is 4.90 Å². The topological polar surface area (TPSA) is 3.24 Å². The van der Waals surface area contributed by atoms with E-state index in [0.29, 0.717) is 0 Å². The van der Waals surface area contributed by atoms with Crippen molar-refractivity contribution < 1.29 is 0 Å². The summed E-state index contributed by atoms with van der Waals surface area (Å²) in [5.74, 6) is 0.856. The van der Waals surface area contributed by atoms with Crippen molar-refractivity contribution in [2.24, 2.45) is 5.92 Å². The highest BCUT2D eigenvalue weighted by atomic mass is 15.1. The molecule has 1 nitrogen and oxygen atoms in total. The molecule has 1 heteroatoms. The van der Waals surface area contributed by atoms with Gasteiger partial charge in [-0.25, -0.2) is 0 Å². The Morgan fingerprint density at radius 2 is 1.59 bits per heavy atom. The predicted octanol–water partition coefficient (Wildman–Crippen LogP) is 4.98. The predicted molar refractivity (Wildman–Crippen MR) is 79.7 cm³/mol. The lowest BCUT2D eigenvalue weighted by atomic mass is 10.00. The van der Waals surface area contributed by atoms with Gasteiger partial charge in [0, 0.05) is 18.8 Å². The third-order valence-corrected chi connectivity index (χ3v) is 2.78. The number of hydrogen-bond donors (Lipinski definition) is 0. The zero-order chi connectivity index (χ0) is 13.1. The van der Waals surface area contributed by atoms with E-state index in [4.69, 9.17) is 0 Å². The van der Waals surface area contributed by atoms with E-state index in [0.717, 1.165) is 5.92 Å². The van der Waals surface area contributed by atoms with Crippen LogP contribution in [-0.4, -0.2) is 13.1 Å². The van der Waals surface area contributed by atoms with Gasteiger partial charge in [0.15, 0.2) is 0 Å². The van der Waals surface area contributed by atoms with Crippen LogP contribution in [0.5, 0.6) is 0 Å². The van der Waals surface area contributed by atoms with Gasteiger partial charge >= 0.3 is 0 Å². The first kappa shape index (κ1) is 16.0. The van der Waals surface area contributed by atoms with Crippen molar-refractivity contribution in [3.05, 3.63) is 30.3 Å². The summed E-state index contributed by atoms with van der Waals surface area (Å²) < 4.78 is 0. The molecule has 1 fully saturated rings. The van der Waals surface area contributed by atoms with Crippen LogP contribution in [0.1, 0.15) is 47.5 Å². The number of anilines is 1. The number of rotatable bonds is 1. The Morgan fingerprint density at radius 3 is 2.12 bits per heavy atom. The average molecular weight is 235 g/mol. The number of hydrogen-bond acceptors (Lipinski definition) is 1. The van der Waals surface area contributed by atoms with Crippen LogP contribution in [-0.2, 0) is 0 Å². The molecule has 2 rings (SSSR count). The maximum absolute atomic E-state index is 2.49. The fourth-order valence-electron chi connectivity index (χ4n) is 2.06. The van der Waals surface area contributed by atoms with E-state index in [2.05, 4.69) is 42.2 Å². The molecule has 0 spiro atoms. The highest BCUT2D eigenvalue weighted by Crippen LogP contribution is 2.21. The summed E-state index contributed by atoms with van der Waals surface area (Å²) in [5.41, 5.74) is 1.38. The molecule has 1 heterocycles. The van der Waals surface area contributed by atoms with Crippen molar-refractivity contribution >= 4 is 5.69 Å². The standard InChI is InChI=1S/C12H17N.2C2H6/c1-11-6-5-9-13(10-11)12-7-3-2-4-8-12;2*1-2/h2-4,7-8,11H,5-6,9-10H2,1H3;2*1-2H3. The Morgan fingerprint density at radius 1 is 1.00 bits per heavy atom. The van der Waals surface area contributed by atoms with Gasteiger partial charge in [0.2, 0.25) is 0 Å². The number of piperidine rings is 1. The van der Waals surface area contributed by atoms with Gasteiger partial charge in [-0.1, -0.05) is 52.8 Å². The first-order valence-electron chi connectivity index (χ1n) is 7.16. The zero-order valence-corrected chi connectivity index (χ0v) is 12.2. The molecule has 1 atom stereocenters. The number of para-hydroxylation sites is 1. The molecule has 1 unspecified atom stereocenters. The zero-order valence-electron chi connectivity index (χ0n) is 12.2. The quantitative estimate of drug-likeness (QED) is 0.664. The molecule has 0 aliphatic carbocycles. The van der Waals surface area contributed by atoms with Crippen LogP contribution < -0.4 is 4.90 Å². The molecule has 0 aromatic heterocycles. The molecule has 1 aliphatic rings. The number of nitrogens with zero attached hydrogens (tertiary/aromatic N) is 1. The van der Waals surface area contributed by atoms with E-state index < -0.39 is 0 Å². The molecule has 1 aromatic rings. The summed E-state index contributed by atoms with van der Waals surface area (Å²) in [4.78, 5) is 2.49. The fourth-order valence-corrected chi connectivity index (χ4v) is 2.06. The first-order chi connectivity index (χ1) is 8.36. The molecular formula is C16H29N. The Kier molecular flexibility index (Phi) is 9.60. The smallest absolute Gasteiger partial charge is 0.0366 e. The summed E-state index contributed by atoms with van der Waals surface area (Å²) in [6.07, 6.45) is 2.74. The SMILES string of the molecule is CC.CC.CC1CCCN(c2ccccc2)C1. The van der Waals surface area contributed by atoms with Crippen LogP contribution in [0.25, 0.3) is 0 Å². The van der Waals surface area contributed by atoms with Crippen LogP contribution >= 0.6 is 0 Å². The Bertz CT molecular complexity index is 255. The van der Waals surface area contributed by atoms with Crippen LogP contribution in [0.2, 0.25) is 0 Å². The van der Waals surface area contributed by atoms with Gasteiger partial charge in [-0.3, -0.25) is 0 Å². The van der Waals surface area contributed by atoms with Gasteiger partial charge in [0.1, 0.15) is 0 Å². The molecule has 0 bridgehead atoms. The lowest BCUT2D eigenvalue weighted by molar-refractivity contribution is 0.447. The lowest BCUT2D eigenvalue weighted by Crippen LogP contribution is -2.34. The van der Waals surface area contributed by atoms with Crippen molar-refractivity contribution in [3.63, 3.8) is 0 Å². The molecule has 17 heavy (non-hydrogen) atoms. The Balaban J connectivity index is 0.000000581. The van der Waals surface area contributed by atoms with Crippen molar-refractivity contribution in [1.82, 2.24) is 0 Å². The van der Waals surface area contributed by atoms with Crippen LogP contribution in [0, 0.1) is 5.92 Å². The van der Waals surface area contributed by atoms with E-state index in [1.807, 2.05) is 27.7 Å². The van der Waals surface area contributed by atoms with Gasteiger partial charge in [-0.2, -0.15) is 0 Å². The van der Waals surface area contributed by atoms with Crippen molar-refractivity contribution in [2.45, 2.75) is 47.5 Å². The fraction of sp³-hybridized carbons (Fsp3) is 0.625. The summed E-state index contributed by atoms with van der Waals surface area (Å²) in [6.45, 7) is 12.8. The van der Waals surface area contributed by atoms with E-state index in [1.165, 1.54) is 31.6 Å². The maximum atomic E-state index is 2.49. The molecule has 0 saturated carbocycles. The molecule has 1 aliphatic heterocycles. The summed E-state index contributed by atoms with van der Waals surface area (Å²) >= 11 is 0. The van der Waals surface area contributed by atoms with E-state index in [9.17, 15) is 0 Å². The second-order valence-electron chi connectivity index (χ2n) is 4.03. The third-order valence-electron chi connectivity index (χ3n) is 2.78. The number of benzene rings is 1. The minimum absolute atomic E-state index is 0.856. The van der Waals surface area contributed by atoms with Crippen molar-refractivity contribution in [1.29, 1.82) is 0 Å². The van der Waals surface area contributed by atoms with Crippen LogP contribution in [0.15, 0.2) is 30.3 Å². The van der Waals surface area contributed by atoms with Gasteiger partial charge in [-0.05, 0) is 30.9 Å². The molecule has 0 amide bonds. The largest absolute Gasteiger partial charge is 0.371 e. The summed E-state index contributed by atoms with van der Waals surface area (Å²) in [7, 11) is 0. The first-order valence-corrected chi connectivity index (χ1v) is 7.16. The molecule has 0 N–H and O–H groups in total.